The van der Waals surface area contributed by atoms with E-state index < -0.39 is 17.6 Å². The lowest BCUT2D eigenvalue weighted by molar-refractivity contribution is -0.116. The summed E-state index contributed by atoms with van der Waals surface area (Å²) in [6, 6.07) is 7.98. The second-order valence-electron chi connectivity index (χ2n) is 6.56. The molecule has 2 amide bonds. The van der Waals surface area contributed by atoms with Crippen molar-refractivity contribution in [1.29, 1.82) is 0 Å². The summed E-state index contributed by atoms with van der Waals surface area (Å²) in [5.41, 5.74) is 0.978. The van der Waals surface area contributed by atoms with Crippen molar-refractivity contribution >= 4 is 66.8 Å². The Balaban J connectivity index is 2.03. The molecule has 2 N–H and O–H groups in total. The molecule has 0 radical (unpaired) electrons. The summed E-state index contributed by atoms with van der Waals surface area (Å²) in [4.78, 5) is 29.2. The molecule has 0 aliphatic rings. The van der Waals surface area contributed by atoms with E-state index >= 15 is 0 Å². The number of likely N-dealkylation sites (N-methyl/N-ethyl adjacent to an activating group) is 1. The number of halogens is 4. The molecule has 0 spiro atoms. The minimum absolute atomic E-state index is 0.0532. The number of rotatable bonds is 6. The monoisotopic (exact) mass is 583 g/mol. The van der Waals surface area contributed by atoms with E-state index in [-0.39, 0.29) is 22.8 Å². The minimum Gasteiger partial charge on any atom is -0.353 e. The van der Waals surface area contributed by atoms with Gasteiger partial charge in [-0.05, 0) is 59.6 Å². The van der Waals surface area contributed by atoms with E-state index in [1.165, 1.54) is 23.0 Å². The van der Waals surface area contributed by atoms with Gasteiger partial charge in [-0.1, -0.05) is 27.5 Å². The highest BCUT2D eigenvalue weighted by atomic mass is 79.9. The van der Waals surface area contributed by atoms with Crippen LogP contribution in [0.25, 0.3) is 11.6 Å². The zero-order valence-electron chi connectivity index (χ0n) is 16.9. The lowest BCUT2D eigenvalue weighted by Crippen LogP contribution is -2.21. The van der Waals surface area contributed by atoms with Gasteiger partial charge in [-0.15, -0.1) is 0 Å². The number of amides is 2. The highest BCUT2D eigenvalue weighted by molar-refractivity contribution is 9.10. The quantitative estimate of drug-likeness (QED) is 0.377. The van der Waals surface area contributed by atoms with Gasteiger partial charge in [-0.2, -0.15) is 5.10 Å². The Morgan fingerprint density at radius 1 is 1.28 bits per heavy atom. The molecule has 7 nitrogen and oxygen atoms in total. The maximum absolute atomic E-state index is 15.0. The number of aryl methyl sites for hydroxylation is 1. The maximum atomic E-state index is 15.0. The summed E-state index contributed by atoms with van der Waals surface area (Å²) >= 11 is 12.8. The molecule has 2 aromatic heterocycles. The average Bonchev–Trinajstić information content (AvgIpc) is 3.11. The van der Waals surface area contributed by atoms with Crippen LogP contribution < -0.4 is 10.6 Å². The van der Waals surface area contributed by atoms with E-state index in [0.717, 1.165) is 6.08 Å². The van der Waals surface area contributed by atoms with Crippen molar-refractivity contribution in [1.82, 2.24) is 20.1 Å². The highest BCUT2D eigenvalue weighted by Crippen LogP contribution is 2.32. The summed E-state index contributed by atoms with van der Waals surface area (Å²) in [7, 11) is 0. The van der Waals surface area contributed by atoms with Crippen molar-refractivity contribution in [2.45, 2.75) is 13.8 Å². The third-order valence-corrected chi connectivity index (χ3v) is 5.40. The molecule has 1 aromatic carbocycles. The normalized spacial score (nSPS) is 11.4. The molecule has 3 aromatic rings. The number of anilines is 1. The molecule has 0 atom stereocenters. The predicted molar refractivity (Wildman–Crippen MR) is 129 cm³/mol. The summed E-state index contributed by atoms with van der Waals surface area (Å²) in [5.74, 6) is -1.67. The first kappa shape index (κ1) is 24.1. The van der Waals surface area contributed by atoms with Gasteiger partial charge in [-0.3, -0.25) is 9.59 Å². The zero-order chi connectivity index (χ0) is 23.4. The Morgan fingerprint density at radius 3 is 2.72 bits per heavy atom. The van der Waals surface area contributed by atoms with Gasteiger partial charge in [0.1, 0.15) is 16.1 Å². The second-order valence-corrected chi connectivity index (χ2v) is 8.69. The maximum Gasteiger partial charge on any atom is 0.274 e. The van der Waals surface area contributed by atoms with Gasteiger partial charge in [0, 0.05) is 34.9 Å². The topological polar surface area (TPSA) is 88.9 Å². The molecule has 32 heavy (non-hydrogen) atoms. The Hall–Kier alpha value is -2.56. The van der Waals surface area contributed by atoms with E-state index in [1.807, 2.05) is 0 Å². The molecule has 0 aliphatic heterocycles. The van der Waals surface area contributed by atoms with Crippen LogP contribution in [0.5, 0.6) is 0 Å². The number of aromatic nitrogens is 3. The van der Waals surface area contributed by atoms with Gasteiger partial charge < -0.3 is 10.6 Å². The third kappa shape index (κ3) is 5.43. The lowest BCUT2D eigenvalue weighted by atomic mass is 10.1. The van der Waals surface area contributed by atoms with Crippen molar-refractivity contribution in [2.24, 2.45) is 0 Å². The number of nitrogens with zero attached hydrogens (tertiary/aromatic N) is 3. The first-order chi connectivity index (χ1) is 15.2. The molecule has 0 bridgehead atoms. The van der Waals surface area contributed by atoms with E-state index in [2.05, 4.69) is 52.6 Å². The van der Waals surface area contributed by atoms with Crippen molar-refractivity contribution in [3.63, 3.8) is 0 Å². The minimum atomic E-state index is -0.793. The molecule has 2 heterocycles. The van der Waals surface area contributed by atoms with E-state index in [9.17, 15) is 14.0 Å². The second kappa shape index (κ2) is 10.4. The average molecular weight is 586 g/mol. The molecule has 0 unspecified atom stereocenters. The number of nitrogens with one attached hydrogen (secondary N) is 2. The van der Waals surface area contributed by atoms with Gasteiger partial charge in [0.15, 0.2) is 5.82 Å². The molecule has 0 saturated carbocycles. The van der Waals surface area contributed by atoms with Gasteiger partial charge in [0.25, 0.3) is 5.91 Å². The molecule has 0 fully saturated rings. The third-order valence-electron chi connectivity index (χ3n) is 4.26. The Kier molecular flexibility index (Phi) is 7.81. The Morgan fingerprint density at radius 2 is 2.03 bits per heavy atom. The Bertz CT molecular complexity index is 1230. The molecule has 0 aliphatic carbocycles. The van der Waals surface area contributed by atoms with Crippen LogP contribution in [-0.4, -0.2) is 33.1 Å². The van der Waals surface area contributed by atoms with Gasteiger partial charge in [-0.25, -0.2) is 14.1 Å². The van der Waals surface area contributed by atoms with Gasteiger partial charge in [0.05, 0.1) is 10.7 Å². The number of carbonyl (C=O) groups is 2. The van der Waals surface area contributed by atoms with Crippen molar-refractivity contribution in [3.8, 4) is 5.82 Å². The van der Waals surface area contributed by atoms with Crippen LogP contribution in [0.2, 0.25) is 5.02 Å². The van der Waals surface area contributed by atoms with Crippen LogP contribution in [-0.2, 0) is 4.79 Å². The number of benzene rings is 1. The number of hydrogen-bond donors (Lipinski definition) is 2. The molecule has 166 valence electrons. The SMILES string of the molecule is CCNC(=O)/C=C(\F)c1cc(Br)cc(C)c1NC(=O)c1cc(Br)nn1-c1ncccc1Cl. The largest absolute Gasteiger partial charge is 0.353 e. The summed E-state index contributed by atoms with van der Waals surface area (Å²) in [5, 5.41) is 9.77. The fraction of sp³-hybridized carbons (Fsp3) is 0.143. The van der Waals surface area contributed by atoms with Crippen LogP contribution in [0, 0.1) is 6.92 Å². The number of carbonyl (C=O) groups excluding carboxylic acids is 2. The molecule has 11 heteroatoms. The molecular weight excluding hydrogens is 569 g/mol. The number of hydrogen-bond acceptors (Lipinski definition) is 4. The summed E-state index contributed by atoms with van der Waals surface area (Å²) in [6.45, 7) is 3.80. The van der Waals surface area contributed by atoms with Crippen molar-refractivity contribution in [3.05, 3.63) is 73.5 Å². The van der Waals surface area contributed by atoms with Crippen LogP contribution in [0.4, 0.5) is 10.1 Å². The molecule has 3 rings (SSSR count). The van der Waals surface area contributed by atoms with Crippen molar-refractivity contribution < 1.29 is 14.0 Å². The van der Waals surface area contributed by atoms with Gasteiger partial charge in [0.2, 0.25) is 5.91 Å². The predicted octanol–water partition coefficient (Wildman–Crippen LogP) is 5.45. The fourth-order valence-electron chi connectivity index (χ4n) is 2.90. The van der Waals surface area contributed by atoms with E-state index in [4.69, 9.17) is 11.6 Å². The smallest absolute Gasteiger partial charge is 0.274 e. The Labute approximate surface area is 205 Å². The fourth-order valence-corrected chi connectivity index (χ4v) is 4.05. The summed E-state index contributed by atoms with van der Waals surface area (Å²) in [6.07, 6.45) is 2.37. The highest BCUT2D eigenvalue weighted by Gasteiger charge is 2.21. The van der Waals surface area contributed by atoms with E-state index in [0.29, 0.717) is 26.2 Å². The first-order valence-electron chi connectivity index (χ1n) is 9.34. The van der Waals surface area contributed by atoms with Gasteiger partial charge >= 0.3 is 0 Å². The summed E-state index contributed by atoms with van der Waals surface area (Å²) < 4.78 is 17.2. The number of pyridine rings is 1. The van der Waals surface area contributed by atoms with Crippen LogP contribution in [0.15, 0.2) is 51.7 Å². The van der Waals surface area contributed by atoms with Crippen molar-refractivity contribution in [2.75, 3.05) is 11.9 Å². The first-order valence-corrected chi connectivity index (χ1v) is 11.3. The molecular formula is C21H17Br2ClFN5O2. The van der Waals surface area contributed by atoms with Crippen LogP contribution in [0.3, 0.4) is 0 Å². The standard InChI is InChI=1S/C21H17Br2ClFN5O2/c1-3-26-18(31)9-15(25)13-8-12(22)7-11(2)19(13)28-21(32)16-10-17(23)29-30(16)20-14(24)5-4-6-27-20/h4-10H,3H2,1-2H3,(H,26,31)(H,28,32)/b15-9-. The molecule has 0 saturated heterocycles. The van der Waals surface area contributed by atoms with E-state index in [1.54, 1.807) is 32.0 Å². The zero-order valence-corrected chi connectivity index (χ0v) is 20.8. The van der Waals surface area contributed by atoms with Crippen LogP contribution >= 0.6 is 43.5 Å². The lowest BCUT2D eigenvalue weighted by Gasteiger charge is -2.15. The van der Waals surface area contributed by atoms with Crippen LogP contribution in [0.1, 0.15) is 28.5 Å².